The van der Waals surface area contributed by atoms with Gasteiger partial charge in [0, 0.05) is 31.1 Å². The van der Waals surface area contributed by atoms with E-state index in [1.165, 1.54) is 11.3 Å². The minimum Gasteiger partial charge on any atom is -0.486 e. The lowest BCUT2D eigenvalue weighted by molar-refractivity contribution is -0.144. The van der Waals surface area contributed by atoms with Crippen LogP contribution in [0, 0.1) is 11.8 Å². The zero-order valence-corrected chi connectivity index (χ0v) is 31.1. The third kappa shape index (κ3) is 11.3. The molecule has 55 heavy (non-hydrogen) atoms. The molecule has 11 heteroatoms. The highest BCUT2D eigenvalue weighted by Crippen LogP contribution is 2.23. The van der Waals surface area contributed by atoms with Crippen LogP contribution in [-0.2, 0) is 49.7 Å². The minimum absolute atomic E-state index is 0.0790. The molecule has 2 amide bonds. The largest absolute Gasteiger partial charge is 0.486 e. The number of aliphatic carboxylic acids is 1. The van der Waals surface area contributed by atoms with Gasteiger partial charge < -0.3 is 20.5 Å². The quantitative estimate of drug-likeness (QED) is 0.164. The molecule has 2 aliphatic heterocycles. The average Bonchev–Trinajstić information content (AvgIpc) is 3.72. The van der Waals surface area contributed by atoms with Crippen LogP contribution in [0.3, 0.4) is 0 Å². The van der Waals surface area contributed by atoms with Crippen LogP contribution < -0.4 is 15.4 Å². The zero-order valence-electron chi connectivity index (χ0n) is 30.3. The van der Waals surface area contributed by atoms with Crippen molar-refractivity contribution in [1.82, 2.24) is 15.6 Å². The SMILES string of the molecule is O=C1COc2ccc(cc2)C[C@@H](C(=O)O)CC(=O)[C@H](CCc2ccccc2)NC(=O)[C@@H](Cc2ccc(-c3ccccc3)cc2)NC(=O)[C@H](Cc2cscn2)C1. The first kappa shape index (κ1) is 38.8. The summed E-state index contributed by atoms with van der Waals surface area (Å²) in [5.74, 6) is -4.46. The summed E-state index contributed by atoms with van der Waals surface area (Å²) in [4.78, 5) is 72.6. The number of carbonyl (C=O) groups is 5. The number of carbonyl (C=O) groups excluding carboxylic acids is 4. The molecule has 0 unspecified atom stereocenters. The number of carboxylic acids is 1. The smallest absolute Gasteiger partial charge is 0.307 e. The Kier molecular flexibility index (Phi) is 13.3. The van der Waals surface area contributed by atoms with Crippen LogP contribution in [0.25, 0.3) is 11.1 Å². The molecule has 10 nitrogen and oxygen atoms in total. The van der Waals surface area contributed by atoms with E-state index in [-0.39, 0.29) is 50.9 Å². The summed E-state index contributed by atoms with van der Waals surface area (Å²) in [5.41, 5.74) is 6.71. The van der Waals surface area contributed by atoms with Crippen molar-refractivity contribution in [3.63, 3.8) is 0 Å². The summed E-state index contributed by atoms with van der Waals surface area (Å²) >= 11 is 1.38. The standard InChI is InChI=1S/C44H43N3O7S/c48-37-24-34(23-36-27-55-28-45-36)42(50)47-40(22-31-11-16-33(17-12-31)32-9-5-2-6-10-32)43(51)46-39(20-15-29-7-3-1-4-8-29)41(49)25-35(44(52)53)21-30-13-18-38(19-14-30)54-26-37/h1-14,16-19,27-28,34-35,39-40H,15,20-26H2,(H,46,51)(H,47,50)(H,52,53)/t34-,35-,39+,40-/m1/s1. The van der Waals surface area contributed by atoms with Gasteiger partial charge in [-0.3, -0.25) is 24.0 Å². The van der Waals surface area contributed by atoms with Crippen LogP contribution in [0.2, 0.25) is 0 Å². The van der Waals surface area contributed by atoms with Gasteiger partial charge in [0.15, 0.2) is 11.6 Å². The van der Waals surface area contributed by atoms with Crippen LogP contribution in [0.15, 0.2) is 120 Å². The van der Waals surface area contributed by atoms with E-state index in [0.717, 1.165) is 22.3 Å². The van der Waals surface area contributed by atoms with E-state index in [4.69, 9.17) is 4.74 Å². The first-order chi connectivity index (χ1) is 26.7. The molecule has 0 saturated heterocycles. The van der Waals surface area contributed by atoms with Gasteiger partial charge in [-0.25, -0.2) is 4.98 Å². The third-order valence-electron chi connectivity index (χ3n) is 9.79. The molecule has 0 fully saturated rings. The van der Waals surface area contributed by atoms with Crippen LogP contribution in [0.1, 0.15) is 41.6 Å². The molecule has 3 N–H and O–H groups in total. The Bertz CT molecular complexity index is 2050. The van der Waals surface area contributed by atoms with E-state index < -0.39 is 47.5 Å². The second-order valence-electron chi connectivity index (χ2n) is 13.9. The van der Waals surface area contributed by atoms with E-state index in [2.05, 4.69) is 15.6 Å². The summed E-state index contributed by atoms with van der Waals surface area (Å²) in [6.45, 7) is -0.285. The topological polar surface area (TPSA) is 152 Å². The molecule has 3 heterocycles. The van der Waals surface area contributed by atoms with Crippen molar-refractivity contribution in [2.24, 2.45) is 11.8 Å². The minimum atomic E-state index is -1.13. The van der Waals surface area contributed by atoms with Crippen LogP contribution in [-0.4, -0.2) is 58.1 Å². The third-order valence-corrected chi connectivity index (χ3v) is 10.4. The lowest BCUT2D eigenvalue weighted by Gasteiger charge is -2.25. The maximum absolute atomic E-state index is 14.3. The van der Waals surface area contributed by atoms with Gasteiger partial charge in [0.05, 0.1) is 29.1 Å². The highest BCUT2D eigenvalue weighted by Gasteiger charge is 2.32. The van der Waals surface area contributed by atoms with E-state index in [1.54, 1.807) is 29.8 Å². The monoisotopic (exact) mass is 757 g/mol. The number of carboxylic acid groups (broad SMARTS) is 1. The summed E-state index contributed by atoms with van der Waals surface area (Å²) in [6, 6.07) is 31.6. The van der Waals surface area contributed by atoms with E-state index in [9.17, 15) is 29.1 Å². The summed E-state index contributed by atoms with van der Waals surface area (Å²) in [6.07, 6.45) is 0.557. The van der Waals surface area contributed by atoms with Crippen molar-refractivity contribution in [1.29, 1.82) is 0 Å². The molecule has 0 saturated carbocycles. The van der Waals surface area contributed by atoms with Gasteiger partial charge in [-0.05, 0) is 59.2 Å². The van der Waals surface area contributed by atoms with Gasteiger partial charge in [0.25, 0.3) is 0 Å². The van der Waals surface area contributed by atoms with Crippen molar-refractivity contribution in [2.45, 2.75) is 57.0 Å². The van der Waals surface area contributed by atoms with Crippen LogP contribution in [0.4, 0.5) is 0 Å². The molecule has 2 aliphatic rings. The number of Topliss-reactive ketones (excluding diaryl/α,β-unsaturated/α-hetero) is 2. The zero-order chi connectivity index (χ0) is 38.6. The van der Waals surface area contributed by atoms with Gasteiger partial charge in [0.2, 0.25) is 11.8 Å². The highest BCUT2D eigenvalue weighted by atomic mass is 32.1. The molecule has 0 spiro atoms. The molecule has 282 valence electrons. The summed E-state index contributed by atoms with van der Waals surface area (Å²) in [7, 11) is 0. The average molecular weight is 758 g/mol. The van der Waals surface area contributed by atoms with Crippen molar-refractivity contribution in [2.75, 3.05) is 6.61 Å². The lowest BCUT2D eigenvalue weighted by atomic mass is 9.90. The fraction of sp³-hybridized carbons (Fsp3) is 0.273. The van der Waals surface area contributed by atoms with Crippen molar-refractivity contribution < 1.29 is 33.8 Å². The molecule has 7 rings (SSSR count). The number of hydrogen-bond acceptors (Lipinski definition) is 8. The number of fused-ring (bicyclic) bond motifs is 16. The first-order valence-electron chi connectivity index (χ1n) is 18.3. The fourth-order valence-corrected chi connectivity index (χ4v) is 7.30. The molecule has 2 bridgehead atoms. The van der Waals surface area contributed by atoms with Crippen molar-refractivity contribution in [3.05, 3.63) is 142 Å². The number of nitrogens with one attached hydrogen (secondary N) is 2. The molecular formula is C44H43N3O7S. The second-order valence-corrected chi connectivity index (χ2v) is 14.6. The number of thiazole rings is 1. The number of aromatic nitrogens is 1. The summed E-state index contributed by atoms with van der Waals surface area (Å²) in [5, 5.41) is 17.8. The van der Waals surface area contributed by atoms with Gasteiger partial charge in [-0.2, -0.15) is 0 Å². The van der Waals surface area contributed by atoms with Gasteiger partial charge in [-0.1, -0.05) is 97.1 Å². The Balaban J connectivity index is 1.33. The lowest BCUT2D eigenvalue weighted by Crippen LogP contribution is -2.54. The normalized spacial score (nSPS) is 20.0. The number of ether oxygens (including phenoxy) is 1. The van der Waals surface area contributed by atoms with Crippen LogP contribution in [0.5, 0.6) is 5.75 Å². The molecule has 4 aromatic carbocycles. The van der Waals surface area contributed by atoms with E-state index in [1.807, 2.05) is 90.3 Å². The maximum atomic E-state index is 14.3. The number of amides is 2. The molecule has 0 aliphatic carbocycles. The molecule has 1 aromatic heterocycles. The predicted molar refractivity (Wildman–Crippen MR) is 210 cm³/mol. The van der Waals surface area contributed by atoms with Crippen LogP contribution >= 0.6 is 11.3 Å². The number of aryl methyl sites for hydroxylation is 1. The van der Waals surface area contributed by atoms with Gasteiger partial charge in [-0.15, -0.1) is 11.3 Å². The number of nitrogens with zero attached hydrogens (tertiary/aromatic N) is 1. The van der Waals surface area contributed by atoms with Gasteiger partial charge in [0.1, 0.15) is 18.4 Å². The summed E-state index contributed by atoms with van der Waals surface area (Å²) < 4.78 is 5.75. The van der Waals surface area contributed by atoms with Crippen molar-refractivity contribution in [3.8, 4) is 16.9 Å². The number of benzene rings is 4. The molecular weight excluding hydrogens is 715 g/mol. The van der Waals surface area contributed by atoms with E-state index >= 15 is 0 Å². The Morgan fingerprint density at radius 2 is 1.40 bits per heavy atom. The van der Waals surface area contributed by atoms with Crippen molar-refractivity contribution >= 4 is 40.7 Å². The Morgan fingerprint density at radius 1 is 0.727 bits per heavy atom. The first-order valence-corrected chi connectivity index (χ1v) is 19.3. The highest BCUT2D eigenvalue weighted by molar-refractivity contribution is 7.07. The Labute approximate surface area is 324 Å². The number of hydrogen-bond donors (Lipinski definition) is 3. The predicted octanol–water partition coefficient (Wildman–Crippen LogP) is 6.07. The molecule has 4 atom stereocenters. The molecule has 0 radical (unpaired) electrons. The molecule has 5 aromatic rings. The Hall–Kier alpha value is -5.94. The second kappa shape index (κ2) is 18.9. The number of ketones is 2. The number of rotatable bonds is 9. The fourth-order valence-electron chi connectivity index (χ4n) is 6.72. The van der Waals surface area contributed by atoms with E-state index in [0.29, 0.717) is 23.4 Å². The maximum Gasteiger partial charge on any atom is 0.307 e. The van der Waals surface area contributed by atoms with Gasteiger partial charge >= 0.3 is 5.97 Å². The Morgan fingerprint density at radius 3 is 2.07 bits per heavy atom.